The molecule has 0 aromatic heterocycles. The van der Waals surface area contributed by atoms with E-state index in [1.807, 2.05) is 6.92 Å². The lowest BCUT2D eigenvalue weighted by Crippen LogP contribution is -2.02. The number of hydrogen-bond acceptors (Lipinski definition) is 2. The number of halogens is 1. The Hall–Kier alpha value is -2.36. The topological polar surface area (TPSA) is 46.5 Å². The Balaban J connectivity index is 2.62. The van der Waals surface area contributed by atoms with Crippen molar-refractivity contribution in [1.29, 1.82) is 0 Å². The van der Waals surface area contributed by atoms with Crippen LogP contribution in [0.5, 0.6) is 5.75 Å². The largest absolute Gasteiger partial charge is 0.493 e. The van der Waals surface area contributed by atoms with Gasteiger partial charge < -0.3 is 9.84 Å². The SMILES string of the molecule is CCOc1ccccc1-c1ccc(F)cc1C(=O)O. The molecule has 98 valence electrons. The fraction of sp³-hybridized carbons (Fsp3) is 0.133. The number of benzene rings is 2. The number of aromatic carboxylic acids is 1. The number of ether oxygens (including phenoxy) is 1. The number of carbonyl (C=O) groups is 1. The molecule has 0 atom stereocenters. The lowest BCUT2D eigenvalue weighted by Gasteiger charge is -2.12. The summed E-state index contributed by atoms with van der Waals surface area (Å²) in [6.07, 6.45) is 0. The van der Waals surface area contributed by atoms with Crippen LogP contribution in [-0.4, -0.2) is 17.7 Å². The molecule has 2 rings (SSSR count). The van der Waals surface area contributed by atoms with Crippen LogP contribution in [0, 0.1) is 5.82 Å². The van der Waals surface area contributed by atoms with Gasteiger partial charge in [-0.15, -0.1) is 0 Å². The summed E-state index contributed by atoms with van der Waals surface area (Å²) in [5.74, 6) is -1.16. The molecule has 19 heavy (non-hydrogen) atoms. The van der Waals surface area contributed by atoms with Crippen LogP contribution in [0.15, 0.2) is 42.5 Å². The molecule has 0 saturated heterocycles. The molecule has 0 spiro atoms. The predicted molar refractivity (Wildman–Crippen MR) is 70.0 cm³/mol. The second kappa shape index (κ2) is 5.52. The molecule has 0 saturated carbocycles. The van der Waals surface area contributed by atoms with E-state index in [0.29, 0.717) is 23.5 Å². The highest BCUT2D eigenvalue weighted by atomic mass is 19.1. The van der Waals surface area contributed by atoms with Crippen molar-refractivity contribution < 1.29 is 19.0 Å². The maximum absolute atomic E-state index is 13.2. The normalized spacial score (nSPS) is 10.2. The Bertz CT molecular complexity index is 608. The fourth-order valence-electron chi connectivity index (χ4n) is 1.90. The highest BCUT2D eigenvalue weighted by Gasteiger charge is 2.15. The lowest BCUT2D eigenvalue weighted by atomic mass is 9.98. The van der Waals surface area contributed by atoms with Crippen LogP contribution in [0.3, 0.4) is 0 Å². The summed E-state index contributed by atoms with van der Waals surface area (Å²) < 4.78 is 18.6. The van der Waals surface area contributed by atoms with E-state index in [9.17, 15) is 9.18 Å². The first kappa shape index (κ1) is 13.1. The molecule has 0 aliphatic rings. The lowest BCUT2D eigenvalue weighted by molar-refractivity contribution is 0.0697. The smallest absolute Gasteiger partial charge is 0.336 e. The highest BCUT2D eigenvalue weighted by Crippen LogP contribution is 2.32. The molecule has 2 aromatic rings. The third kappa shape index (κ3) is 2.73. The van der Waals surface area contributed by atoms with E-state index < -0.39 is 11.8 Å². The molecule has 0 radical (unpaired) electrons. The second-order valence-corrected chi connectivity index (χ2v) is 3.92. The van der Waals surface area contributed by atoms with Crippen LogP contribution in [0.4, 0.5) is 4.39 Å². The molecule has 0 heterocycles. The average Bonchev–Trinajstić information content (AvgIpc) is 2.40. The van der Waals surface area contributed by atoms with Gasteiger partial charge in [0.2, 0.25) is 0 Å². The van der Waals surface area contributed by atoms with Crippen molar-refractivity contribution in [3.05, 3.63) is 53.8 Å². The number of carboxylic acids is 1. The van der Waals surface area contributed by atoms with Gasteiger partial charge in [0.1, 0.15) is 11.6 Å². The fourth-order valence-corrected chi connectivity index (χ4v) is 1.90. The molecule has 0 unspecified atom stereocenters. The van der Waals surface area contributed by atoms with Crippen LogP contribution < -0.4 is 4.74 Å². The van der Waals surface area contributed by atoms with Gasteiger partial charge in [-0.05, 0) is 25.1 Å². The van der Waals surface area contributed by atoms with Crippen LogP contribution in [-0.2, 0) is 0 Å². The number of para-hydroxylation sites is 1. The van der Waals surface area contributed by atoms with Gasteiger partial charge in [0.15, 0.2) is 0 Å². The third-order valence-electron chi connectivity index (χ3n) is 2.69. The summed E-state index contributed by atoms with van der Waals surface area (Å²) in [6.45, 7) is 2.32. The van der Waals surface area contributed by atoms with Crippen LogP contribution in [0.25, 0.3) is 11.1 Å². The van der Waals surface area contributed by atoms with Crippen molar-refractivity contribution in [3.8, 4) is 16.9 Å². The molecule has 0 bridgehead atoms. The van der Waals surface area contributed by atoms with E-state index in [4.69, 9.17) is 9.84 Å². The minimum absolute atomic E-state index is 0.0767. The van der Waals surface area contributed by atoms with Crippen molar-refractivity contribution >= 4 is 5.97 Å². The van der Waals surface area contributed by atoms with Crippen molar-refractivity contribution in [3.63, 3.8) is 0 Å². The van der Waals surface area contributed by atoms with Gasteiger partial charge in [-0.3, -0.25) is 0 Å². The van der Waals surface area contributed by atoms with E-state index in [-0.39, 0.29) is 5.56 Å². The van der Waals surface area contributed by atoms with Gasteiger partial charge in [-0.1, -0.05) is 24.3 Å². The van der Waals surface area contributed by atoms with Crippen LogP contribution in [0.1, 0.15) is 17.3 Å². The van der Waals surface area contributed by atoms with E-state index in [0.717, 1.165) is 6.07 Å². The average molecular weight is 260 g/mol. The molecule has 2 aromatic carbocycles. The Morgan fingerprint density at radius 2 is 1.95 bits per heavy atom. The van der Waals surface area contributed by atoms with E-state index in [2.05, 4.69) is 0 Å². The van der Waals surface area contributed by atoms with Gasteiger partial charge in [0.25, 0.3) is 0 Å². The summed E-state index contributed by atoms with van der Waals surface area (Å²) >= 11 is 0. The zero-order chi connectivity index (χ0) is 13.8. The van der Waals surface area contributed by atoms with Crippen molar-refractivity contribution in [2.75, 3.05) is 6.61 Å². The highest BCUT2D eigenvalue weighted by molar-refractivity contribution is 5.97. The molecule has 0 aliphatic carbocycles. The van der Waals surface area contributed by atoms with Gasteiger partial charge in [0.05, 0.1) is 12.2 Å². The minimum atomic E-state index is -1.17. The van der Waals surface area contributed by atoms with E-state index in [1.54, 1.807) is 24.3 Å². The van der Waals surface area contributed by atoms with Gasteiger partial charge >= 0.3 is 5.97 Å². The molecular weight excluding hydrogens is 247 g/mol. The van der Waals surface area contributed by atoms with Gasteiger partial charge in [0, 0.05) is 11.1 Å². The van der Waals surface area contributed by atoms with Gasteiger partial charge in [-0.2, -0.15) is 0 Å². The monoisotopic (exact) mass is 260 g/mol. The Kier molecular flexibility index (Phi) is 3.80. The maximum atomic E-state index is 13.2. The molecule has 1 N–H and O–H groups in total. The van der Waals surface area contributed by atoms with Crippen molar-refractivity contribution in [2.24, 2.45) is 0 Å². The van der Waals surface area contributed by atoms with Crippen molar-refractivity contribution in [2.45, 2.75) is 6.92 Å². The van der Waals surface area contributed by atoms with Crippen LogP contribution in [0.2, 0.25) is 0 Å². The zero-order valence-electron chi connectivity index (χ0n) is 10.4. The summed E-state index contributed by atoms with van der Waals surface area (Å²) in [5, 5.41) is 9.16. The Labute approximate surface area is 110 Å². The molecule has 0 amide bonds. The molecule has 0 aliphatic heterocycles. The molecule has 3 nitrogen and oxygen atoms in total. The molecule has 0 fully saturated rings. The van der Waals surface area contributed by atoms with E-state index in [1.165, 1.54) is 12.1 Å². The summed E-state index contributed by atoms with van der Waals surface area (Å²) in [7, 11) is 0. The molecule has 4 heteroatoms. The summed E-state index contributed by atoms with van der Waals surface area (Å²) in [5.41, 5.74) is 1.01. The standard InChI is InChI=1S/C15H13FO3/c1-2-19-14-6-4-3-5-12(14)11-8-7-10(16)9-13(11)15(17)18/h3-9H,2H2,1H3,(H,17,18). The number of rotatable bonds is 4. The van der Waals surface area contributed by atoms with Gasteiger partial charge in [-0.25, -0.2) is 9.18 Å². The summed E-state index contributed by atoms with van der Waals surface area (Å²) in [4.78, 5) is 11.2. The zero-order valence-corrected chi connectivity index (χ0v) is 10.4. The number of hydrogen-bond donors (Lipinski definition) is 1. The summed E-state index contributed by atoms with van der Waals surface area (Å²) in [6, 6.07) is 10.8. The second-order valence-electron chi connectivity index (χ2n) is 3.92. The quantitative estimate of drug-likeness (QED) is 0.913. The maximum Gasteiger partial charge on any atom is 0.336 e. The van der Waals surface area contributed by atoms with Crippen molar-refractivity contribution in [1.82, 2.24) is 0 Å². The molecular formula is C15H13FO3. The first-order chi connectivity index (χ1) is 9.13. The van der Waals surface area contributed by atoms with Crippen LogP contribution >= 0.6 is 0 Å². The minimum Gasteiger partial charge on any atom is -0.493 e. The predicted octanol–water partition coefficient (Wildman–Crippen LogP) is 3.59. The Morgan fingerprint density at radius 3 is 2.63 bits per heavy atom. The van der Waals surface area contributed by atoms with E-state index >= 15 is 0 Å². The Morgan fingerprint density at radius 1 is 1.21 bits per heavy atom. The third-order valence-corrected chi connectivity index (χ3v) is 2.69. The number of carboxylic acid groups (broad SMARTS) is 1. The first-order valence-corrected chi connectivity index (χ1v) is 5.88. The first-order valence-electron chi connectivity index (χ1n) is 5.88.